The van der Waals surface area contributed by atoms with Gasteiger partial charge in [0.2, 0.25) is 5.91 Å². The number of hydrogen-bond donors (Lipinski definition) is 2. The maximum Gasteiger partial charge on any atom is 0.238 e. The van der Waals surface area contributed by atoms with E-state index in [1.807, 2.05) is 6.92 Å². The Kier molecular flexibility index (Phi) is 5.76. The lowest BCUT2D eigenvalue weighted by atomic mass is 10.1. The number of hydrogen-bond acceptors (Lipinski definition) is 4. The van der Waals surface area contributed by atoms with Crippen molar-refractivity contribution in [3.63, 3.8) is 0 Å². The molecule has 0 spiro atoms. The van der Waals surface area contributed by atoms with Gasteiger partial charge in [-0.15, -0.1) is 0 Å². The molecule has 1 aromatic heterocycles. The lowest BCUT2D eigenvalue weighted by molar-refractivity contribution is -0.127. The maximum atomic E-state index is 12.2. The Morgan fingerprint density at radius 3 is 2.95 bits per heavy atom. The largest absolute Gasteiger partial charge is 0.355 e. The first kappa shape index (κ1) is 16.0. The number of nitrogens with zero attached hydrogens (tertiary/aromatic N) is 3. The molecule has 21 heavy (non-hydrogen) atoms. The third-order valence-electron chi connectivity index (χ3n) is 3.95. The van der Waals surface area contributed by atoms with Crippen LogP contribution in [0.15, 0.2) is 6.07 Å². The number of nitrogens with one attached hydrogen (secondary N) is 2. The van der Waals surface area contributed by atoms with E-state index < -0.39 is 0 Å². The van der Waals surface area contributed by atoms with Gasteiger partial charge in [0, 0.05) is 39.3 Å². The van der Waals surface area contributed by atoms with Crippen molar-refractivity contribution in [3.8, 4) is 0 Å². The Bertz CT molecular complexity index is 471. The molecule has 6 nitrogen and oxygen atoms in total. The van der Waals surface area contributed by atoms with E-state index in [-0.39, 0.29) is 11.9 Å². The smallest absolute Gasteiger partial charge is 0.238 e. The molecule has 0 radical (unpaired) electrons. The van der Waals surface area contributed by atoms with Crippen molar-refractivity contribution in [2.75, 3.05) is 26.2 Å². The summed E-state index contributed by atoms with van der Waals surface area (Å²) in [5.41, 5.74) is 2.32. The number of likely N-dealkylation sites (N-methyl/N-ethyl adjacent to an activating group) is 1. The number of amides is 1. The fourth-order valence-electron chi connectivity index (χ4n) is 2.78. The average Bonchev–Trinajstić information content (AvgIpc) is 2.90. The Balaban J connectivity index is 2.11. The van der Waals surface area contributed by atoms with E-state index in [0.717, 1.165) is 38.3 Å². The molecular weight excluding hydrogens is 266 g/mol. The summed E-state index contributed by atoms with van der Waals surface area (Å²) in [5.74, 6) is 0.114. The second-order valence-corrected chi connectivity index (χ2v) is 5.38. The summed E-state index contributed by atoms with van der Waals surface area (Å²) in [7, 11) is 0. The van der Waals surface area contributed by atoms with Gasteiger partial charge in [-0.1, -0.05) is 6.92 Å². The first-order valence-corrected chi connectivity index (χ1v) is 7.97. The van der Waals surface area contributed by atoms with Crippen molar-refractivity contribution in [3.05, 3.63) is 17.5 Å². The van der Waals surface area contributed by atoms with Crippen molar-refractivity contribution in [2.45, 2.75) is 46.3 Å². The van der Waals surface area contributed by atoms with Gasteiger partial charge < -0.3 is 10.6 Å². The van der Waals surface area contributed by atoms with Crippen LogP contribution in [0, 0.1) is 0 Å². The zero-order valence-corrected chi connectivity index (χ0v) is 13.4. The average molecular weight is 293 g/mol. The van der Waals surface area contributed by atoms with Crippen LogP contribution in [-0.4, -0.2) is 52.8 Å². The Hall–Kier alpha value is -1.40. The van der Waals surface area contributed by atoms with Crippen molar-refractivity contribution in [1.82, 2.24) is 25.3 Å². The minimum Gasteiger partial charge on any atom is -0.355 e. The monoisotopic (exact) mass is 293 g/mol. The molecule has 0 aromatic carbocycles. The predicted molar refractivity (Wildman–Crippen MR) is 83.0 cm³/mol. The number of piperazine rings is 1. The fourth-order valence-corrected chi connectivity index (χ4v) is 2.78. The van der Waals surface area contributed by atoms with E-state index in [1.54, 1.807) is 0 Å². The number of carbonyl (C=O) groups excluding carboxylic acids is 1. The second kappa shape index (κ2) is 7.56. The van der Waals surface area contributed by atoms with E-state index in [9.17, 15) is 4.79 Å². The van der Waals surface area contributed by atoms with Crippen molar-refractivity contribution < 1.29 is 4.79 Å². The summed E-state index contributed by atoms with van der Waals surface area (Å²) in [6.07, 6.45) is 0.946. The fraction of sp³-hybridized carbons (Fsp3) is 0.733. The standard InChI is InChI=1S/C15H27N5O/c1-4-12-9-13(20(6-3)18-12)11-19-8-7-16-10-14(19)15(21)17-5-2/h9,14,16H,4-8,10-11H2,1-3H3,(H,17,21). The van der Waals surface area contributed by atoms with Crippen LogP contribution in [0.3, 0.4) is 0 Å². The zero-order chi connectivity index (χ0) is 15.2. The van der Waals surface area contributed by atoms with Crippen molar-refractivity contribution in [1.29, 1.82) is 0 Å². The molecule has 1 aliphatic heterocycles. The molecule has 1 unspecified atom stereocenters. The lowest BCUT2D eigenvalue weighted by Crippen LogP contribution is -2.57. The molecule has 118 valence electrons. The first-order valence-electron chi connectivity index (χ1n) is 7.97. The maximum absolute atomic E-state index is 12.2. The first-order chi connectivity index (χ1) is 10.2. The molecule has 6 heteroatoms. The topological polar surface area (TPSA) is 62.2 Å². The third kappa shape index (κ3) is 3.83. The minimum absolute atomic E-state index is 0.0935. The normalized spacial score (nSPS) is 19.7. The van der Waals surface area contributed by atoms with E-state index in [1.165, 1.54) is 5.69 Å². The van der Waals surface area contributed by atoms with Gasteiger partial charge in [-0.05, 0) is 26.3 Å². The van der Waals surface area contributed by atoms with Gasteiger partial charge in [0.25, 0.3) is 0 Å². The van der Waals surface area contributed by atoms with Crippen LogP contribution < -0.4 is 10.6 Å². The van der Waals surface area contributed by atoms with Crippen LogP contribution in [0.1, 0.15) is 32.2 Å². The summed E-state index contributed by atoms with van der Waals surface area (Å²) in [4.78, 5) is 14.5. The third-order valence-corrected chi connectivity index (χ3v) is 3.95. The summed E-state index contributed by atoms with van der Waals surface area (Å²) in [5, 5.41) is 10.8. The highest BCUT2D eigenvalue weighted by atomic mass is 16.2. The number of carbonyl (C=O) groups is 1. The van der Waals surface area contributed by atoms with Gasteiger partial charge in [0.15, 0.2) is 0 Å². The predicted octanol–water partition coefficient (Wildman–Crippen LogP) is 0.375. The van der Waals surface area contributed by atoms with Crippen LogP contribution in [0.5, 0.6) is 0 Å². The molecule has 0 bridgehead atoms. The minimum atomic E-state index is -0.0935. The summed E-state index contributed by atoms with van der Waals surface area (Å²) in [6.45, 7) is 11.0. The molecule has 1 aliphatic rings. The van der Waals surface area contributed by atoms with Crippen LogP contribution >= 0.6 is 0 Å². The van der Waals surface area contributed by atoms with Crippen molar-refractivity contribution >= 4 is 5.91 Å². The summed E-state index contributed by atoms with van der Waals surface area (Å²) in [6, 6.07) is 2.07. The van der Waals surface area contributed by atoms with Gasteiger partial charge in [-0.2, -0.15) is 5.10 Å². The quantitative estimate of drug-likeness (QED) is 0.796. The summed E-state index contributed by atoms with van der Waals surface area (Å²) < 4.78 is 2.05. The highest BCUT2D eigenvalue weighted by Gasteiger charge is 2.28. The van der Waals surface area contributed by atoms with Gasteiger partial charge in [0.1, 0.15) is 6.04 Å². The van der Waals surface area contributed by atoms with Crippen LogP contribution in [0.2, 0.25) is 0 Å². The van der Waals surface area contributed by atoms with E-state index in [0.29, 0.717) is 13.1 Å². The summed E-state index contributed by atoms with van der Waals surface area (Å²) >= 11 is 0. The highest BCUT2D eigenvalue weighted by molar-refractivity contribution is 5.82. The Labute approximate surface area is 126 Å². The van der Waals surface area contributed by atoms with Crippen LogP contribution in [-0.2, 0) is 24.3 Å². The zero-order valence-electron chi connectivity index (χ0n) is 13.4. The van der Waals surface area contributed by atoms with Gasteiger partial charge >= 0.3 is 0 Å². The number of aromatic nitrogens is 2. The molecule has 1 aromatic rings. The molecule has 1 saturated heterocycles. The molecule has 0 saturated carbocycles. The number of rotatable bonds is 6. The molecule has 2 N–H and O–H groups in total. The van der Waals surface area contributed by atoms with E-state index >= 15 is 0 Å². The van der Waals surface area contributed by atoms with Crippen molar-refractivity contribution in [2.24, 2.45) is 0 Å². The van der Waals surface area contributed by atoms with Gasteiger partial charge in [-0.3, -0.25) is 14.4 Å². The van der Waals surface area contributed by atoms with Gasteiger partial charge in [-0.25, -0.2) is 0 Å². The molecule has 1 fully saturated rings. The molecule has 0 aliphatic carbocycles. The van der Waals surface area contributed by atoms with Crippen LogP contribution in [0.4, 0.5) is 0 Å². The lowest BCUT2D eigenvalue weighted by Gasteiger charge is -2.35. The molecule has 2 heterocycles. The second-order valence-electron chi connectivity index (χ2n) is 5.38. The van der Waals surface area contributed by atoms with Crippen LogP contribution in [0.25, 0.3) is 0 Å². The molecule has 2 rings (SSSR count). The molecular formula is C15H27N5O. The van der Waals surface area contributed by atoms with E-state index in [2.05, 4.69) is 45.2 Å². The molecule has 1 atom stereocenters. The Morgan fingerprint density at radius 1 is 1.48 bits per heavy atom. The number of aryl methyl sites for hydroxylation is 2. The Morgan fingerprint density at radius 2 is 2.29 bits per heavy atom. The van der Waals surface area contributed by atoms with E-state index in [4.69, 9.17) is 0 Å². The highest BCUT2D eigenvalue weighted by Crippen LogP contribution is 2.13. The van der Waals surface area contributed by atoms with Gasteiger partial charge in [0.05, 0.1) is 11.4 Å². The SMILES string of the molecule is CCNC(=O)C1CNCCN1Cc1cc(CC)nn1CC. The molecule has 1 amide bonds.